The Kier molecular flexibility index (Phi) is 16.1. The molecule has 1 N–H and O–H groups in total. The summed E-state index contributed by atoms with van der Waals surface area (Å²) in [6.07, 6.45) is 2.35. The van der Waals surface area contributed by atoms with Crippen LogP contribution in [0, 0.1) is 0 Å². The van der Waals surface area contributed by atoms with Crippen LogP contribution in [-0.2, 0) is 4.79 Å². The zero-order valence-electron chi connectivity index (χ0n) is 6.18. The second kappa shape index (κ2) is 11.6. The van der Waals surface area contributed by atoms with E-state index in [2.05, 4.69) is 6.26 Å². The van der Waals surface area contributed by atoms with E-state index in [0.29, 0.717) is 0 Å². The van der Waals surface area contributed by atoms with E-state index in [1.165, 1.54) is 30.9 Å². The van der Waals surface area contributed by atoms with E-state index in [0.717, 1.165) is 0 Å². The third-order valence-electron chi connectivity index (χ3n) is 0.591. The van der Waals surface area contributed by atoms with Crippen molar-refractivity contribution >= 4 is 45.7 Å². The molecule has 9 heavy (non-hydrogen) atoms. The summed E-state index contributed by atoms with van der Waals surface area (Å²) >= 11 is 3.27. The van der Waals surface area contributed by atoms with Crippen LogP contribution in [0.4, 0.5) is 0 Å². The van der Waals surface area contributed by atoms with E-state index < -0.39 is 5.97 Å². The van der Waals surface area contributed by atoms with E-state index in [-0.39, 0.29) is 6.42 Å². The molecule has 0 aromatic heterocycles. The number of carbonyl (C=O) groups is 1. The van der Waals surface area contributed by atoms with Gasteiger partial charge in [-0.1, -0.05) is 6.92 Å². The third-order valence-corrected chi connectivity index (χ3v) is 2.90. The van der Waals surface area contributed by atoms with Gasteiger partial charge in [0.1, 0.15) is 0 Å². The monoisotopic (exact) mass is 158 g/mol. The fraction of sp³-hybridized carbons (Fsp3) is 0.800. The van der Waals surface area contributed by atoms with Crippen molar-refractivity contribution in [1.82, 2.24) is 0 Å². The molecule has 0 atom stereocenters. The van der Waals surface area contributed by atoms with E-state index in [9.17, 15) is 4.79 Å². The van der Waals surface area contributed by atoms with E-state index in [1.54, 1.807) is 6.92 Å². The van der Waals surface area contributed by atoms with E-state index in [1.807, 2.05) is 11.8 Å². The van der Waals surface area contributed by atoms with Crippen molar-refractivity contribution in [2.24, 2.45) is 0 Å². The van der Waals surface area contributed by atoms with Crippen molar-refractivity contribution in [2.75, 3.05) is 9.26 Å². The average molecular weight is 158 g/mol. The molecule has 0 aromatic carbocycles. The van der Waals surface area contributed by atoms with Gasteiger partial charge >= 0.3 is 54.9 Å². The molecule has 0 aliphatic heterocycles. The van der Waals surface area contributed by atoms with E-state index in [4.69, 9.17) is 5.11 Å². The van der Waals surface area contributed by atoms with Crippen molar-refractivity contribution in [3.05, 3.63) is 0 Å². The van der Waals surface area contributed by atoms with E-state index >= 15 is 0 Å². The Morgan fingerprint density at radius 1 is 1.78 bits per heavy atom. The average Bonchev–Trinajstić information content (AvgIpc) is 1.89. The Labute approximate surface area is 77.8 Å². The minimum absolute atomic E-state index is 0.222. The van der Waals surface area contributed by atoms with Crippen LogP contribution < -0.4 is 0 Å². The molecule has 0 fully saturated rings. The summed E-state index contributed by atoms with van der Waals surface area (Å²) in [4.78, 5) is 9.37. The van der Waals surface area contributed by atoms with Gasteiger partial charge in [0.2, 0.25) is 0 Å². The molecule has 0 amide bonds. The summed E-state index contributed by atoms with van der Waals surface area (Å²) in [6.45, 7) is 1.60. The number of carboxylic acid groups (broad SMARTS) is 1. The maximum absolute atomic E-state index is 9.37. The summed E-state index contributed by atoms with van der Waals surface area (Å²) in [5.41, 5.74) is 0. The van der Waals surface area contributed by atoms with Gasteiger partial charge in [0.05, 0.1) is 0 Å². The standard InChI is InChI=1S/C3H6O2.C2H5S.Na/c1-2-3(4)5;1-3-2;/h2H2,1H3,(H,4,5);1H2,2H3;. The Hall–Kier alpha value is 0.820. The summed E-state index contributed by atoms with van der Waals surface area (Å²) in [5, 5.41) is 7.72. The fourth-order valence-corrected chi connectivity index (χ4v) is 0. The Morgan fingerprint density at radius 3 is 2.00 bits per heavy atom. The molecule has 0 bridgehead atoms. The van der Waals surface area contributed by atoms with Gasteiger partial charge in [-0.2, -0.15) is 0 Å². The predicted molar refractivity (Wildman–Crippen MR) is 42.1 cm³/mol. The third kappa shape index (κ3) is 28.1. The van der Waals surface area contributed by atoms with Crippen molar-refractivity contribution in [3.63, 3.8) is 0 Å². The summed E-state index contributed by atoms with van der Waals surface area (Å²) in [5.74, 6) is -0.745. The van der Waals surface area contributed by atoms with Gasteiger partial charge in [0.15, 0.2) is 0 Å². The molecular weight excluding hydrogens is 147 g/mol. The van der Waals surface area contributed by atoms with Crippen LogP contribution in [0.1, 0.15) is 13.3 Å². The Morgan fingerprint density at radius 2 is 2.00 bits per heavy atom. The quantitative estimate of drug-likeness (QED) is 0.608. The molecular formula is C5H11NaO2S. The first-order valence-electron chi connectivity index (χ1n) is 2.89. The molecule has 0 saturated carbocycles. The number of rotatable bonds is 2. The first kappa shape index (κ1) is 12.5. The van der Waals surface area contributed by atoms with Crippen LogP contribution in [0.15, 0.2) is 0 Å². The van der Waals surface area contributed by atoms with Crippen LogP contribution in [-0.4, -0.2) is 48.3 Å². The molecule has 0 unspecified atom stereocenters. The zero-order valence-corrected chi connectivity index (χ0v) is 8.99. The van der Waals surface area contributed by atoms with Crippen LogP contribution in [0.25, 0.3) is 0 Å². The van der Waals surface area contributed by atoms with Crippen molar-refractivity contribution in [3.8, 4) is 0 Å². The molecule has 2 nitrogen and oxygen atoms in total. The molecule has 0 spiro atoms. The summed E-state index contributed by atoms with van der Waals surface area (Å²) in [7, 11) is 0. The van der Waals surface area contributed by atoms with Crippen LogP contribution in [0.3, 0.4) is 0 Å². The molecule has 0 aliphatic carbocycles. The Bertz CT molecular complexity index is 66.0. The number of aliphatic carboxylic acids is 1. The van der Waals surface area contributed by atoms with Crippen LogP contribution >= 0.6 is 11.8 Å². The zero-order chi connectivity index (χ0) is 7.70. The predicted octanol–water partition coefficient (Wildman–Crippen LogP) is 0.956. The maximum atomic E-state index is 9.37. The van der Waals surface area contributed by atoms with Gasteiger partial charge in [-0.25, -0.2) is 0 Å². The Balaban J connectivity index is 0. The SMILES string of the molecule is CCC(=O)O.CS[CH2][Na]. The molecule has 0 rings (SSSR count). The van der Waals surface area contributed by atoms with Crippen molar-refractivity contribution in [1.29, 1.82) is 0 Å². The van der Waals surface area contributed by atoms with Gasteiger partial charge in [0, 0.05) is 6.42 Å². The number of hydrogen-bond acceptors (Lipinski definition) is 2. The number of hydrogen-bond donors (Lipinski definition) is 1. The molecule has 50 valence electrons. The normalized spacial score (nSPS) is 7.56. The fourth-order valence-electron chi connectivity index (χ4n) is 0. The molecule has 0 saturated heterocycles. The molecule has 0 radical (unpaired) electrons. The number of carboxylic acids is 1. The molecule has 0 aliphatic rings. The second-order valence-corrected chi connectivity index (χ2v) is 4.21. The van der Waals surface area contributed by atoms with Crippen molar-refractivity contribution in [2.45, 2.75) is 13.3 Å². The van der Waals surface area contributed by atoms with Gasteiger partial charge in [-0.3, -0.25) is 4.79 Å². The van der Waals surface area contributed by atoms with Gasteiger partial charge in [0.25, 0.3) is 0 Å². The van der Waals surface area contributed by atoms with Crippen LogP contribution in [0.2, 0.25) is 0 Å². The van der Waals surface area contributed by atoms with Gasteiger partial charge < -0.3 is 5.11 Å². The van der Waals surface area contributed by atoms with Crippen LogP contribution in [0.5, 0.6) is 0 Å². The summed E-state index contributed by atoms with van der Waals surface area (Å²) in [6, 6.07) is 0. The van der Waals surface area contributed by atoms with Crippen molar-refractivity contribution < 1.29 is 9.90 Å². The molecule has 0 heterocycles. The van der Waals surface area contributed by atoms with Gasteiger partial charge in [-0.05, 0) is 0 Å². The minimum atomic E-state index is -0.745. The first-order valence-corrected chi connectivity index (χ1v) is 5.70. The molecule has 4 heteroatoms. The first-order chi connectivity index (χ1) is 4.18. The number of thioether (sulfide) groups is 1. The summed E-state index contributed by atoms with van der Waals surface area (Å²) < 4.78 is 1.38. The molecule has 0 aromatic rings. The van der Waals surface area contributed by atoms with Gasteiger partial charge in [-0.15, -0.1) is 0 Å². The topological polar surface area (TPSA) is 37.3 Å². The second-order valence-electron chi connectivity index (χ2n) is 1.32.